The highest BCUT2D eigenvalue weighted by molar-refractivity contribution is 5.33. The third kappa shape index (κ3) is 2.35. The quantitative estimate of drug-likeness (QED) is 0.579. The first-order valence-corrected chi connectivity index (χ1v) is 4.35. The minimum Gasteiger partial charge on any atom is -0.373 e. The number of hydrogen-bond donors (Lipinski definition) is 0. The van der Waals surface area contributed by atoms with Gasteiger partial charge in [0, 0.05) is 0 Å². The van der Waals surface area contributed by atoms with E-state index < -0.39 is 0 Å². The fourth-order valence-corrected chi connectivity index (χ4v) is 1.25. The van der Waals surface area contributed by atoms with Gasteiger partial charge in [-0.1, -0.05) is 24.8 Å². The normalized spacial score (nSPS) is 28.7. The SMILES string of the molecule is C=C1CO[C@@H](C)C/C1=C/C=C\C. The fourth-order valence-electron chi connectivity index (χ4n) is 1.25. The van der Waals surface area contributed by atoms with Crippen molar-refractivity contribution in [3.8, 4) is 0 Å². The van der Waals surface area contributed by atoms with Crippen LogP contribution in [0.4, 0.5) is 0 Å². The monoisotopic (exact) mass is 164 g/mol. The molecule has 1 saturated heterocycles. The molecule has 0 amide bonds. The third-order valence-corrected chi connectivity index (χ3v) is 1.99. The lowest BCUT2D eigenvalue weighted by molar-refractivity contribution is 0.0712. The van der Waals surface area contributed by atoms with Gasteiger partial charge in [-0.15, -0.1) is 0 Å². The molecule has 0 bridgehead atoms. The molecule has 0 unspecified atom stereocenters. The van der Waals surface area contributed by atoms with Crippen molar-refractivity contribution in [1.82, 2.24) is 0 Å². The molecule has 0 spiro atoms. The van der Waals surface area contributed by atoms with Gasteiger partial charge < -0.3 is 4.74 Å². The molecule has 1 rings (SSSR count). The van der Waals surface area contributed by atoms with Crippen LogP contribution in [0.1, 0.15) is 20.3 Å². The summed E-state index contributed by atoms with van der Waals surface area (Å²) < 4.78 is 5.44. The molecular weight excluding hydrogens is 148 g/mol. The summed E-state index contributed by atoms with van der Waals surface area (Å²) in [7, 11) is 0. The van der Waals surface area contributed by atoms with Crippen LogP contribution in [-0.2, 0) is 4.74 Å². The largest absolute Gasteiger partial charge is 0.373 e. The smallest absolute Gasteiger partial charge is 0.0717 e. The number of rotatable bonds is 1. The maximum Gasteiger partial charge on any atom is 0.0717 e. The Hall–Kier alpha value is -0.820. The van der Waals surface area contributed by atoms with Gasteiger partial charge in [-0.25, -0.2) is 0 Å². The molecule has 1 nitrogen and oxygen atoms in total. The van der Waals surface area contributed by atoms with Crippen molar-refractivity contribution < 1.29 is 4.74 Å². The van der Waals surface area contributed by atoms with Crippen molar-refractivity contribution in [3.05, 3.63) is 36.0 Å². The predicted octanol–water partition coefficient (Wildman–Crippen LogP) is 2.85. The average Bonchev–Trinajstić information content (AvgIpc) is 2.07. The second-order valence-electron chi connectivity index (χ2n) is 3.15. The molecule has 0 saturated carbocycles. The minimum absolute atomic E-state index is 0.340. The molecule has 0 N–H and O–H groups in total. The molecule has 1 atom stereocenters. The lowest BCUT2D eigenvalue weighted by Crippen LogP contribution is -2.18. The Morgan fingerprint density at radius 3 is 3.00 bits per heavy atom. The molecule has 0 aromatic rings. The van der Waals surface area contributed by atoms with Gasteiger partial charge in [-0.3, -0.25) is 0 Å². The van der Waals surface area contributed by atoms with Crippen LogP contribution in [0, 0.1) is 0 Å². The molecule has 0 radical (unpaired) electrons. The lowest BCUT2D eigenvalue weighted by Gasteiger charge is -2.23. The first kappa shape index (κ1) is 9.27. The first-order valence-electron chi connectivity index (χ1n) is 4.35. The van der Waals surface area contributed by atoms with Crippen molar-refractivity contribution in [2.75, 3.05) is 6.61 Å². The van der Waals surface area contributed by atoms with Crippen LogP contribution < -0.4 is 0 Å². The van der Waals surface area contributed by atoms with E-state index in [1.165, 1.54) is 5.57 Å². The van der Waals surface area contributed by atoms with Crippen molar-refractivity contribution in [3.63, 3.8) is 0 Å². The lowest BCUT2D eigenvalue weighted by atomic mass is 9.99. The van der Waals surface area contributed by atoms with Crippen molar-refractivity contribution >= 4 is 0 Å². The highest BCUT2D eigenvalue weighted by Crippen LogP contribution is 2.22. The fraction of sp³-hybridized carbons (Fsp3) is 0.455. The topological polar surface area (TPSA) is 9.23 Å². The van der Waals surface area contributed by atoms with E-state index in [0.29, 0.717) is 12.7 Å². The summed E-state index contributed by atoms with van der Waals surface area (Å²) in [6.07, 6.45) is 7.54. The highest BCUT2D eigenvalue weighted by atomic mass is 16.5. The average molecular weight is 164 g/mol. The summed E-state index contributed by atoms with van der Waals surface area (Å²) in [5, 5.41) is 0. The first-order chi connectivity index (χ1) is 5.74. The molecule has 1 heteroatoms. The zero-order chi connectivity index (χ0) is 8.97. The zero-order valence-electron chi connectivity index (χ0n) is 7.84. The molecule has 12 heavy (non-hydrogen) atoms. The molecule has 1 aliphatic rings. The van der Waals surface area contributed by atoms with Crippen molar-refractivity contribution in [1.29, 1.82) is 0 Å². The maximum absolute atomic E-state index is 5.44. The van der Waals surface area contributed by atoms with Gasteiger partial charge in [0.2, 0.25) is 0 Å². The zero-order valence-corrected chi connectivity index (χ0v) is 7.84. The molecule has 1 heterocycles. The van der Waals surface area contributed by atoms with Gasteiger partial charge in [-0.2, -0.15) is 0 Å². The van der Waals surface area contributed by atoms with E-state index in [1.807, 2.05) is 13.0 Å². The predicted molar refractivity (Wildman–Crippen MR) is 52.1 cm³/mol. The number of hydrogen-bond acceptors (Lipinski definition) is 1. The summed E-state index contributed by atoms with van der Waals surface area (Å²) >= 11 is 0. The Kier molecular flexibility index (Phi) is 3.30. The summed E-state index contributed by atoms with van der Waals surface area (Å²) in [4.78, 5) is 0. The highest BCUT2D eigenvalue weighted by Gasteiger charge is 2.15. The molecule has 0 aromatic heterocycles. The van der Waals surface area contributed by atoms with Gasteiger partial charge >= 0.3 is 0 Å². The molecule has 1 aliphatic heterocycles. The second-order valence-corrected chi connectivity index (χ2v) is 3.15. The van der Waals surface area contributed by atoms with Crippen molar-refractivity contribution in [2.24, 2.45) is 0 Å². The van der Waals surface area contributed by atoms with E-state index in [2.05, 4.69) is 25.7 Å². The molecule has 0 aliphatic carbocycles. The van der Waals surface area contributed by atoms with Gasteiger partial charge in [0.15, 0.2) is 0 Å². The Morgan fingerprint density at radius 2 is 2.33 bits per heavy atom. The van der Waals surface area contributed by atoms with Crippen LogP contribution in [0.5, 0.6) is 0 Å². The Bertz CT molecular complexity index is 223. The van der Waals surface area contributed by atoms with Gasteiger partial charge in [0.1, 0.15) is 0 Å². The summed E-state index contributed by atoms with van der Waals surface area (Å²) in [6.45, 7) is 8.75. The molecular formula is C11H16O. The molecule has 66 valence electrons. The standard InChI is InChI=1S/C11H16O/c1-4-5-6-11-7-10(3)12-8-9(11)2/h4-6,10H,2,7-8H2,1,3H3/b5-4-,11-6-/t10-/m0/s1. The molecule has 1 fully saturated rings. The van der Waals surface area contributed by atoms with E-state index in [0.717, 1.165) is 12.0 Å². The number of ether oxygens (including phenoxy) is 1. The second kappa shape index (κ2) is 4.27. The van der Waals surface area contributed by atoms with Crippen LogP contribution in [0.3, 0.4) is 0 Å². The summed E-state index contributed by atoms with van der Waals surface area (Å²) in [6, 6.07) is 0. The Morgan fingerprint density at radius 1 is 1.58 bits per heavy atom. The Labute approximate surface area is 74.4 Å². The third-order valence-electron chi connectivity index (χ3n) is 1.99. The Balaban J connectivity index is 2.66. The molecule has 0 aromatic carbocycles. The van der Waals surface area contributed by atoms with Gasteiger partial charge in [-0.05, 0) is 31.4 Å². The van der Waals surface area contributed by atoms with Crippen LogP contribution in [0.2, 0.25) is 0 Å². The summed E-state index contributed by atoms with van der Waals surface area (Å²) in [5.74, 6) is 0. The van der Waals surface area contributed by atoms with Crippen LogP contribution >= 0.6 is 0 Å². The number of allylic oxidation sites excluding steroid dienone is 3. The van der Waals surface area contributed by atoms with E-state index in [9.17, 15) is 0 Å². The van der Waals surface area contributed by atoms with Crippen LogP contribution in [-0.4, -0.2) is 12.7 Å². The van der Waals surface area contributed by atoms with E-state index in [1.54, 1.807) is 0 Å². The van der Waals surface area contributed by atoms with Crippen molar-refractivity contribution in [2.45, 2.75) is 26.4 Å². The van der Waals surface area contributed by atoms with Crippen LogP contribution in [0.15, 0.2) is 36.0 Å². The van der Waals surface area contributed by atoms with E-state index in [4.69, 9.17) is 4.74 Å². The summed E-state index contributed by atoms with van der Waals surface area (Å²) in [5.41, 5.74) is 2.44. The van der Waals surface area contributed by atoms with Gasteiger partial charge in [0.25, 0.3) is 0 Å². The minimum atomic E-state index is 0.340. The van der Waals surface area contributed by atoms with Gasteiger partial charge in [0.05, 0.1) is 12.7 Å². The van der Waals surface area contributed by atoms with E-state index >= 15 is 0 Å². The van der Waals surface area contributed by atoms with Crippen LogP contribution in [0.25, 0.3) is 0 Å². The van der Waals surface area contributed by atoms with E-state index in [-0.39, 0.29) is 0 Å². The maximum atomic E-state index is 5.44.